The van der Waals surface area contributed by atoms with Crippen molar-refractivity contribution in [3.8, 4) is 0 Å². The van der Waals surface area contributed by atoms with E-state index in [0.717, 1.165) is 42.4 Å². The fourth-order valence-electron chi connectivity index (χ4n) is 2.90. The molecular formula is C14H18BNO3. The first kappa shape index (κ1) is 12.7. The molecule has 1 aliphatic heterocycles. The second-order valence-corrected chi connectivity index (χ2v) is 5.40. The van der Waals surface area contributed by atoms with Crippen LogP contribution < -0.4 is 10.8 Å². The number of nitrogens with one attached hydrogen (secondary N) is 1. The molecule has 0 spiro atoms. The Morgan fingerprint density at radius 3 is 2.89 bits per heavy atom. The van der Waals surface area contributed by atoms with E-state index in [9.17, 15) is 9.82 Å². The van der Waals surface area contributed by atoms with Crippen LogP contribution in [0.4, 0.5) is 5.69 Å². The first-order chi connectivity index (χ1) is 9.24. The molecule has 1 aromatic carbocycles. The van der Waals surface area contributed by atoms with Crippen molar-refractivity contribution < 1.29 is 14.5 Å². The number of benzene rings is 1. The highest BCUT2D eigenvalue weighted by Gasteiger charge is 2.28. The lowest BCUT2D eigenvalue weighted by Gasteiger charge is -2.20. The Hall–Kier alpha value is -1.33. The first-order valence-electron chi connectivity index (χ1n) is 6.97. The number of hydrogen-bond donors (Lipinski definition) is 2. The van der Waals surface area contributed by atoms with Crippen molar-refractivity contribution in [3.05, 3.63) is 23.8 Å². The van der Waals surface area contributed by atoms with Gasteiger partial charge in [0, 0.05) is 11.6 Å². The summed E-state index contributed by atoms with van der Waals surface area (Å²) in [5.74, 6) is 0.247. The summed E-state index contributed by atoms with van der Waals surface area (Å²) in [6.45, 7) is 0.438. The summed E-state index contributed by atoms with van der Waals surface area (Å²) in [6.07, 6.45) is 5.51. The predicted molar refractivity (Wildman–Crippen MR) is 74.0 cm³/mol. The summed E-state index contributed by atoms with van der Waals surface area (Å²) in [4.78, 5) is 12.1. The fraction of sp³-hybridized carbons (Fsp3) is 0.500. The monoisotopic (exact) mass is 259 g/mol. The topological polar surface area (TPSA) is 58.6 Å². The van der Waals surface area contributed by atoms with Crippen LogP contribution in [0.15, 0.2) is 18.2 Å². The molecule has 0 unspecified atom stereocenters. The molecule has 4 nitrogen and oxygen atoms in total. The van der Waals surface area contributed by atoms with Crippen LogP contribution in [-0.4, -0.2) is 18.0 Å². The lowest BCUT2D eigenvalue weighted by Crippen LogP contribution is -2.29. The minimum Gasteiger partial charge on any atom is -0.423 e. The van der Waals surface area contributed by atoms with Gasteiger partial charge in [0.05, 0.1) is 6.61 Å². The summed E-state index contributed by atoms with van der Waals surface area (Å²) in [5.41, 5.74) is 2.50. The largest absolute Gasteiger partial charge is 0.491 e. The van der Waals surface area contributed by atoms with Crippen LogP contribution in [0.5, 0.6) is 0 Å². The molecule has 1 aromatic rings. The molecule has 1 fully saturated rings. The average Bonchev–Trinajstić information content (AvgIpc) is 2.81. The van der Waals surface area contributed by atoms with E-state index in [0.29, 0.717) is 6.61 Å². The molecule has 3 rings (SSSR count). The Morgan fingerprint density at radius 2 is 2.11 bits per heavy atom. The van der Waals surface area contributed by atoms with E-state index < -0.39 is 7.12 Å². The standard InChI is InChI=1S/C14H18BNO3/c17-14(10-4-2-1-3-5-10)16-12-7-6-11-9-19-15(18)13(11)8-12/h6-8,10,18H,1-5,9H2,(H,16,17). The summed E-state index contributed by atoms with van der Waals surface area (Å²) >= 11 is 0. The van der Waals surface area contributed by atoms with Crippen LogP contribution in [0.25, 0.3) is 0 Å². The fourth-order valence-corrected chi connectivity index (χ4v) is 2.90. The molecule has 1 saturated carbocycles. The second kappa shape index (κ2) is 5.35. The van der Waals surface area contributed by atoms with Crippen molar-refractivity contribution in [2.75, 3.05) is 5.32 Å². The Kier molecular flexibility index (Phi) is 3.57. The van der Waals surface area contributed by atoms with Gasteiger partial charge < -0.3 is 15.0 Å². The Bertz CT molecular complexity index is 486. The third kappa shape index (κ3) is 2.67. The highest BCUT2D eigenvalue weighted by molar-refractivity contribution is 6.61. The molecule has 0 saturated heterocycles. The van der Waals surface area contributed by atoms with Gasteiger partial charge in [-0.2, -0.15) is 0 Å². The Morgan fingerprint density at radius 1 is 1.32 bits per heavy atom. The number of carbonyl (C=O) groups is 1. The predicted octanol–water partition coefficient (Wildman–Crippen LogP) is 1.42. The number of hydrogen-bond acceptors (Lipinski definition) is 3. The van der Waals surface area contributed by atoms with E-state index in [1.54, 1.807) is 0 Å². The first-order valence-corrected chi connectivity index (χ1v) is 6.97. The van der Waals surface area contributed by atoms with Gasteiger partial charge >= 0.3 is 7.12 Å². The molecule has 100 valence electrons. The molecule has 2 aliphatic rings. The lowest BCUT2D eigenvalue weighted by molar-refractivity contribution is -0.120. The maximum Gasteiger partial charge on any atom is 0.491 e. The van der Waals surface area contributed by atoms with Gasteiger partial charge in [-0.3, -0.25) is 4.79 Å². The van der Waals surface area contributed by atoms with Crippen LogP contribution in [-0.2, 0) is 16.1 Å². The smallest absolute Gasteiger partial charge is 0.423 e. The quantitative estimate of drug-likeness (QED) is 0.790. The number of rotatable bonds is 2. The van der Waals surface area contributed by atoms with Crippen LogP contribution >= 0.6 is 0 Å². The van der Waals surface area contributed by atoms with Crippen molar-refractivity contribution in [2.45, 2.75) is 38.7 Å². The van der Waals surface area contributed by atoms with E-state index >= 15 is 0 Å². The molecule has 0 aromatic heterocycles. The third-order valence-electron chi connectivity index (χ3n) is 4.05. The van der Waals surface area contributed by atoms with Crippen molar-refractivity contribution in [2.24, 2.45) is 5.92 Å². The molecule has 0 atom stereocenters. The highest BCUT2D eigenvalue weighted by atomic mass is 16.5. The van der Waals surface area contributed by atoms with Gasteiger partial charge in [-0.1, -0.05) is 25.3 Å². The normalized spacial score (nSPS) is 19.3. The highest BCUT2D eigenvalue weighted by Crippen LogP contribution is 2.25. The third-order valence-corrected chi connectivity index (χ3v) is 4.05. The Balaban J connectivity index is 1.69. The molecule has 2 N–H and O–H groups in total. The summed E-state index contributed by atoms with van der Waals surface area (Å²) in [7, 11) is -0.860. The van der Waals surface area contributed by atoms with Gasteiger partial charge in [0.2, 0.25) is 5.91 Å². The SMILES string of the molecule is O=C(Nc1ccc2c(c1)B(O)OC2)C1CCCCC1. The van der Waals surface area contributed by atoms with Gasteiger partial charge in [-0.25, -0.2) is 0 Å². The summed E-state index contributed by atoms with van der Waals surface area (Å²) < 4.78 is 5.14. The zero-order chi connectivity index (χ0) is 13.2. The molecule has 1 aliphatic carbocycles. The van der Waals surface area contributed by atoms with Crippen LogP contribution in [0.1, 0.15) is 37.7 Å². The summed E-state index contributed by atoms with van der Waals surface area (Å²) in [6, 6.07) is 5.59. The van der Waals surface area contributed by atoms with Gasteiger partial charge in [0.15, 0.2) is 0 Å². The number of fused-ring (bicyclic) bond motifs is 1. The Labute approximate surface area is 113 Å². The number of amides is 1. The molecule has 1 heterocycles. The number of carbonyl (C=O) groups excluding carboxylic acids is 1. The summed E-state index contributed by atoms with van der Waals surface area (Å²) in [5, 5.41) is 12.6. The van der Waals surface area contributed by atoms with Crippen LogP contribution in [0.2, 0.25) is 0 Å². The van der Waals surface area contributed by atoms with Crippen molar-refractivity contribution in [3.63, 3.8) is 0 Å². The van der Waals surface area contributed by atoms with Gasteiger partial charge in [-0.15, -0.1) is 0 Å². The van der Waals surface area contributed by atoms with Crippen LogP contribution in [0.3, 0.4) is 0 Å². The van der Waals surface area contributed by atoms with E-state index in [2.05, 4.69) is 5.32 Å². The molecule has 0 radical (unpaired) electrons. The maximum absolute atomic E-state index is 12.1. The minimum atomic E-state index is -0.860. The van der Waals surface area contributed by atoms with E-state index in [1.807, 2.05) is 18.2 Å². The zero-order valence-electron chi connectivity index (χ0n) is 10.9. The molecule has 1 amide bonds. The van der Waals surface area contributed by atoms with Gasteiger partial charge in [0.1, 0.15) is 0 Å². The maximum atomic E-state index is 12.1. The van der Waals surface area contributed by atoms with Crippen molar-refractivity contribution in [1.29, 1.82) is 0 Å². The zero-order valence-corrected chi connectivity index (χ0v) is 10.9. The van der Waals surface area contributed by atoms with Crippen LogP contribution in [0, 0.1) is 5.92 Å². The molecule has 0 bridgehead atoms. The number of anilines is 1. The average molecular weight is 259 g/mol. The van der Waals surface area contributed by atoms with E-state index in [1.165, 1.54) is 6.42 Å². The van der Waals surface area contributed by atoms with E-state index in [4.69, 9.17) is 4.65 Å². The van der Waals surface area contributed by atoms with Crippen molar-refractivity contribution in [1.82, 2.24) is 0 Å². The minimum absolute atomic E-state index is 0.105. The molecule has 19 heavy (non-hydrogen) atoms. The molecular weight excluding hydrogens is 241 g/mol. The van der Waals surface area contributed by atoms with E-state index in [-0.39, 0.29) is 11.8 Å². The molecule has 5 heteroatoms. The van der Waals surface area contributed by atoms with Crippen molar-refractivity contribution >= 4 is 24.2 Å². The van der Waals surface area contributed by atoms with Gasteiger partial charge in [-0.05, 0) is 36.0 Å². The lowest BCUT2D eigenvalue weighted by atomic mass is 9.79. The van der Waals surface area contributed by atoms with Gasteiger partial charge in [0.25, 0.3) is 0 Å². The second-order valence-electron chi connectivity index (χ2n) is 5.40.